The fourth-order valence-corrected chi connectivity index (χ4v) is 6.59. The number of carbonyl (C=O) groups is 2. The van der Waals surface area contributed by atoms with Gasteiger partial charge in [0, 0.05) is 16.8 Å². The van der Waals surface area contributed by atoms with E-state index in [0.29, 0.717) is 5.56 Å². The summed E-state index contributed by atoms with van der Waals surface area (Å²) in [6, 6.07) is 8.68. The van der Waals surface area contributed by atoms with Gasteiger partial charge in [0.15, 0.2) is 0 Å². The predicted molar refractivity (Wildman–Crippen MR) is 124 cm³/mol. The molecular formula is C25H23F3N2O2S. The molecule has 3 heterocycles. The number of fused-ring (bicyclic) bond motifs is 1. The number of allylic oxidation sites excluding steroid dienone is 1. The minimum absolute atomic E-state index is 0.00773. The number of aryl methyl sites for hydroxylation is 1. The van der Waals surface area contributed by atoms with E-state index in [9.17, 15) is 22.8 Å². The van der Waals surface area contributed by atoms with Crippen LogP contribution in [0.15, 0.2) is 42.5 Å². The lowest BCUT2D eigenvalue weighted by Crippen LogP contribution is -2.55. The van der Waals surface area contributed by atoms with Crippen LogP contribution in [-0.2, 0) is 27.1 Å². The van der Waals surface area contributed by atoms with Crippen molar-refractivity contribution >= 4 is 40.5 Å². The number of halogens is 3. The van der Waals surface area contributed by atoms with E-state index in [-0.39, 0.29) is 23.3 Å². The number of hydrogen-bond acceptors (Lipinski definition) is 3. The van der Waals surface area contributed by atoms with Crippen LogP contribution in [-0.4, -0.2) is 23.1 Å². The summed E-state index contributed by atoms with van der Waals surface area (Å²) in [6.07, 6.45) is -1.80. The van der Waals surface area contributed by atoms with Crippen LogP contribution in [0.4, 0.5) is 24.5 Å². The third-order valence-electron chi connectivity index (χ3n) is 6.63. The lowest BCUT2D eigenvalue weighted by atomic mass is 9.87. The lowest BCUT2D eigenvalue weighted by Gasteiger charge is -2.40. The molecule has 3 aliphatic rings. The molecule has 2 aromatic carbocycles. The Balaban J connectivity index is 1.80. The van der Waals surface area contributed by atoms with Crippen LogP contribution in [0.5, 0.6) is 0 Å². The highest BCUT2D eigenvalue weighted by Crippen LogP contribution is 2.60. The average molecular weight is 473 g/mol. The van der Waals surface area contributed by atoms with Gasteiger partial charge in [-0.2, -0.15) is 13.2 Å². The number of thioether (sulfide) groups is 1. The Hall–Kier alpha value is -2.74. The number of rotatable bonds is 2. The molecule has 0 bridgehead atoms. The van der Waals surface area contributed by atoms with Crippen molar-refractivity contribution in [3.63, 3.8) is 0 Å². The zero-order valence-electron chi connectivity index (χ0n) is 18.7. The maximum Gasteiger partial charge on any atom is 0.416 e. The molecule has 1 saturated heterocycles. The van der Waals surface area contributed by atoms with Gasteiger partial charge in [0.2, 0.25) is 10.8 Å². The van der Waals surface area contributed by atoms with Crippen molar-refractivity contribution in [3.8, 4) is 0 Å². The Kier molecular flexibility index (Phi) is 4.60. The number of nitrogens with zero attached hydrogens (tertiary/aromatic N) is 2. The van der Waals surface area contributed by atoms with E-state index < -0.39 is 22.1 Å². The fourth-order valence-electron chi connectivity index (χ4n) is 5.26. The minimum Gasteiger partial charge on any atom is -0.299 e. The van der Waals surface area contributed by atoms with E-state index in [4.69, 9.17) is 0 Å². The Labute approximate surface area is 194 Å². The largest absolute Gasteiger partial charge is 0.416 e. The molecule has 1 spiro atoms. The molecular weight excluding hydrogens is 449 g/mol. The molecule has 3 aliphatic heterocycles. The molecule has 1 atom stereocenters. The zero-order valence-corrected chi connectivity index (χ0v) is 19.5. The second-order valence-corrected chi connectivity index (χ2v) is 10.4. The monoisotopic (exact) mass is 472 g/mol. The van der Waals surface area contributed by atoms with Gasteiger partial charge in [-0.1, -0.05) is 19.1 Å². The quantitative estimate of drug-likeness (QED) is 0.560. The summed E-state index contributed by atoms with van der Waals surface area (Å²) < 4.78 is 40.4. The van der Waals surface area contributed by atoms with Crippen molar-refractivity contribution in [2.45, 2.75) is 50.7 Å². The second-order valence-electron chi connectivity index (χ2n) is 9.22. The highest BCUT2D eigenvalue weighted by molar-refractivity contribution is 8.02. The summed E-state index contributed by atoms with van der Waals surface area (Å²) in [5.74, 6) is -0.673. The first-order valence-corrected chi connectivity index (χ1v) is 11.8. The van der Waals surface area contributed by atoms with E-state index in [1.54, 1.807) is 4.90 Å². The zero-order chi connectivity index (χ0) is 23.9. The van der Waals surface area contributed by atoms with Crippen LogP contribution < -0.4 is 9.80 Å². The van der Waals surface area contributed by atoms with Gasteiger partial charge in [0.05, 0.1) is 22.5 Å². The van der Waals surface area contributed by atoms with Gasteiger partial charge >= 0.3 is 6.18 Å². The molecule has 5 rings (SSSR count). The van der Waals surface area contributed by atoms with Crippen molar-refractivity contribution in [2.24, 2.45) is 0 Å². The van der Waals surface area contributed by atoms with Crippen LogP contribution in [0.25, 0.3) is 5.57 Å². The average Bonchev–Trinajstić information content (AvgIpc) is 3.21. The number of amides is 2. The third-order valence-corrected chi connectivity index (χ3v) is 8.02. The van der Waals surface area contributed by atoms with Crippen molar-refractivity contribution in [2.75, 3.05) is 15.6 Å². The van der Waals surface area contributed by atoms with Gasteiger partial charge in [-0.15, -0.1) is 11.8 Å². The van der Waals surface area contributed by atoms with Crippen molar-refractivity contribution < 1.29 is 22.8 Å². The van der Waals surface area contributed by atoms with Gasteiger partial charge in [0.1, 0.15) is 0 Å². The molecule has 8 heteroatoms. The molecule has 33 heavy (non-hydrogen) atoms. The minimum atomic E-state index is -4.56. The Morgan fingerprint density at radius 1 is 1.09 bits per heavy atom. The molecule has 0 radical (unpaired) electrons. The smallest absolute Gasteiger partial charge is 0.299 e. The maximum absolute atomic E-state index is 14.2. The van der Waals surface area contributed by atoms with E-state index in [0.717, 1.165) is 40.9 Å². The van der Waals surface area contributed by atoms with Gasteiger partial charge in [-0.05, 0) is 68.7 Å². The SMILES string of the molecule is CCc1cc2c3c(c1)C1(SCC(=O)N1c1cccc(C(F)(F)F)c1)C(=O)N3C(C)(C)C=C2C. The first-order valence-electron chi connectivity index (χ1n) is 10.8. The number of anilines is 2. The molecule has 0 N–H and O–H groups in total. The van der Waals surface area contributed by atoms with E-state index >= 15 is 0 Å². The topological polar surface area (TPSA) is 40.6 Å². The van der Waals surface area contributed by atoms with Crippen molar-refractivity contribution in [1.82, 2.24) is 0 Å². The van der Waals surface area contributed by atoms with Crippen LogP contribution in [0.2, 0.25) is 0 Å². The van der Waals surface area contributed by atoms with Crippen molar-refractivity contribution in [3.05, 3.63) is 64.7 Å². The summed E-state index contributed by atoms with van der Waals surface area (Å²) in [5, 5.41) is 0. The number of hydrogen-bond donors (Lipinski definition) is 0. The van der Waals surface area contributed by atoms with Crippen LogP contribution in [0, 0.1) is 0 Å². The summed E-state index contributed by atoms with van der Waals surface area (Å²) >= 11 is 1.19. The molecule has 1 fully saturated rings. The van der Waals surface area contributed by atoms with Gasteiger partial charge in [0.25, 0.3) is 5.91 Å². The Morgan fingerprint density at radius 2 is 1.82 bits per heavy atom. The molecule has 2 amide bonds. The molecule has 0 saturated carbocycles. The first-order chi connectivity index (χ1) is 15.4. The van der Waals surface area contributed by atoms with Crippen LogP contribution in [0.3, 0.4) is 0 Å². The molecule has 1 unspecified atom stereocenters. The summed E-state index contributed by atoms with van der Waals surface area (Å²) in [5.41, 5.74) is 2.97. The predicted octanol–water partition coefficient (Wildman–Crippen LogP) is 5.74. The molecule has 4 nitrogen and oxygen atoms in total. The fraction of sp³-hybridized carbons (Fsp3) is 0.360. The number of alkyl halides is 3. The highest BCUT2D eigenvalue weighted by atomic mass is 32.2. The number of carbonyl (C=O) groups excluding carboxylic acids is 2. The first kappa shape index (κ1) is 22.1. The third kappa shape index (κ3) is 2.92. The maximum atomic E-state index is 14.2. The molecule has 2 aromatic rings. The van der Waals surface area contributed by atoms with E-state index in [1.165, 1.54) is 28.8 Å². The van der Waals surface area contributed by atoms with Gasteiger partial charge in [-0.25, -0.2) is 0 Å². The van der Waals surface area contributed by atoms with Gasteiger partial charge in [-0.3, -0.25) is 19.4 Å². The Bertz CT molecular complexity index is 1250. The van der Waals surface area contributed by atoms with E-state index in [2.05, 4.69) is 6.07 Å². The summed E-state index contributed by atoms with van der Waals surface area (Å²) in [7, 11) is 0. The highest BCUT2D eigenvalue weighted by Gasteiger charge is 2.64. The molecule has 172 valence electrons. The summed E-state index contributed by atoms with van der Waals surface area (Å²) in [4.78, 5) is 28.9. The normalized spacial score (nSPS) is 23.4. The summed E-state index contributed by atoms with van der Waals surface area (Å²) in [6.45, 7) is 7.88. The van der Waals surface area contributed by atoms with Crippen LogP contribution in [0.1, 0.15) is 49.9 Å². The van der Waals surface area contributed by atoms with Gasteiger partial charge < -0.3 is 0 Å². The van der Waals surface area contributed by atoms with Crippen LogP contribution >= 0.6 is 11.8 Å². The Morgan fingerprint density at radius 3 is 2.48 bits per heavy atom. The van der Waals surface area contributed by atoms with Crippen molar-refractivity contribution in [1.29, 1.82) is 0 Å². The second kappa shape index (κ2) is 6.88. The number of benzene rings is 2. The molecule has 0 aromatic heterocycles. The standard InChI is InChI=1S/C25H23F3N2O2S/c1-5-15-9-18-14(2)12-23(3,4)30-21(18)19(10-15)24(22(30)32)29(20(31)13-33-24)17-8-6-7-16(11-17)25(26,27)28/h6-12H,5,13H2,1-4H3. The molecule has 0 aliphatic carbocycles. The van der Waals surface area contributed by atoms with E-state index in [1.807, 2.05) is 39.8 Å². The lowest BCUT2D eigenvalue weighted by molar-refractivity contribution is -0.137.